The molecule has 7 heteroatoms. The molecule has 0 fully saturated rings. The van der Waals surface area contributed by atoms with Gasteiger partial charge < -0.3 is 9.64 Å². The first kappa shape index (κ1) is 20.0. The number of allylic oxidation sites excluding steroid dienone is 1. The molecule has 1 heterocycles. The SMILES string of the molecule is COC(=O)C1=C(C)N(Cc2ccc(C)cc2)C(=O)/C1=C\c1ccc([N+](=O)[O-])cc1. The molecule has 148 valence electrons. The maximum Gasteiger partial charge on any atom is 0.340 e. The van der Waals surface area contributed by atoms with Crippen molar-refractivity contribution in [2.45, 2.75) is 20.4 Å². The largest absolute Gasteiger partial charge is 0.465 e. The van der Waals surface area contributed by atoms with Gasteiger partial charge in [0.15, 0.2) is 0 Å². The van der Waals surface area contributed by atoms with Crippen molar-refractivity contribution < 1.29 is 19.2 Å². The number of esters is 1. The third-order valence-electron chi connectivity index (χ3n) is 4.78. The van der Waals surface area contributed by atoms with E-state index >= 15 is 0 Å². The fourth-order valence-corrected chi connectivity index (χ4v) is 3.15. The molecule has 0 aromatic heterocycles. The van der Waals surface area contributed by atoms with Gasteiger partial charge in [0.25, 0.3) is 11.6 Å². The predicted octanol–water partition coefficient (Wildman–Crippen LogP) is 3.78. The highest BCUT2D eigenvalue weighted by Crippen LogP contribution is 2.33. The number of carbonyl (C=O) groups is 2. The van der Waals surface area contributed by atoms with E-state index < -0.39 is 10.9 Å². The van der Waals surface area contributed by atoms with E-state index in [2.05, 4.69) is 0 Å². The average molecular weight is 392 g/mol. The molecule has 0 aliphatic carbocycles. The normalized spacial score (nSPS) is 15.2. The topological polar surface area (TPSA) is 89.8 Å². The fraction of sp³-hybridized carbons (Fsp3) is 0.182. The Balaban J connectivity index is 1.99. The van der Waals surface area contributed by atoms with Crippen molar-refractivity contribution >= 4 is 23.6 Å². The van der Waals surface area contributed by atoms with E-state index in [0.717, 1.165) is 11.1 Å². The first-order valence-corrected chi connectivity index (χ1v) is 8.95. The Bertz CT molecular complexity index is 1030. The van der Waals surface area contributed by atoms with Gasteiger partial charge in [-0.25, -0.2) is 4.79 Å². The highest BCUT2D eigenvalue weighted by Gasteiger charge is 2.36. The molecule has 1 aliphatic heterocycles. The summed E-state index contributed by atoms with van der Waals surface area (Å²) in [7, 11) is 1.26. The second-order valence-corrected chi connectivity index (χ2v) is 6.74. The number of rotatable bonds is 5. The van der Waals surface area contributed by atoms with Gasteiger partial charge in [-0.15, -0.1) is 0 Å². The molecular weight excluding hydrogens is 372 g/mol. The quantitative estimate of drug-likeness (QED) is 0.334. The number of hydrogen-bond donors (Lipinski definition) is 0. The first-order chi connectivity index (χ1) is 13.8. The van der Waals surface area contributed by atoms with Gasteiger partial charge in [0.1, 0.15) is 0 Å². The van der Waals surface area contributed by atoms with E-state index in [0.29, 0.717) is 17.8 Å². The van der Waals surface area contributed by atoms with Gasteiger partial charge in [0, 0.05) is 17.8 Å². The number of carbonyl (C=O) groups excluding carboxylic acids is 2. The summed E-state index contributed by atoms with van der Waals surface area (Å²) >= 11 is 0. The van der Waals surface area contributed by atoms with Gasteiger partial charge >= 0.3 is 5.97 Å². The summed E-state index contributed by atoms with van der Waals surface area (Å²) < 4.78 is 4.88. The van der Waals surface area contributed by atoms with E-state index in [-0.39, 0.29) is 22.7 Å². The van der Waals surface area contributed by atoms with Gasteiger partial charge in [-0.3, -0.25) is 14.9 Å². The van der Waals surface area contributed by atoms with Crippen LogP contribution in [-0.4, -0.2) is 28.8 Å². The molecule has 0 radical (unpaired) electrons. The summed E-state index contributed by atoms with van der Waals surface area (Å²) in [4.78, 5) is 37.3. The van der Waals surface area contributed by atoms with Crippen LogP contribution < -0.4 is 0 Å². The highest BCUT2D eigenvalue weighted by atomic mass is 16.6. The van der Waals surface area contributed by atoms with Crippen molar-refractivity contribution in [2.24, 2.45) is 0 Å². The minimum absolute atomic E-state index is 0.0502. The standard InChI is InChI=1S/C22H20N2O5/c1-14-4-6-17(7-5-14)13-23-15(2)20(22(26)29-3)19(21(23)25)12-16-8-10-18(11-9-16)24(27)28/h4-12H,13H2,1-3H3/b19-12-. The first-order valence-electron chi connectivity index (χ1n) is 8.95. The van der Waals surface area contributed by atoms with Crippen molar-refractivity contribution in [3.63, 3.8) is 0 Å². The lowest BCUT2D eigenvalue weighted by molar-refractivity contribution is -0.384. The molecule has 0 unspecified atom stereocenters. The van der Waals surface area contributed by atoms with Crippen molar-refractivity contribution in [3.05, 3.63) is 92.2 Å². The number of nitro benzene ring substituents is 1. The van der Waals surface area contributed by atoms with Crippen LogP contribution in [0.1, 0.15) is 23.6 Å². The van der Waals surface area contributed by atoms with Crippen molar-refractivity contribution in [1.29, 1.82) is 0 Å². The zero-order valence-corrected chi connectivity index (χ0v) is 16.3. The Morgan fingerprint density at radius 2 is 1.72 bits per heavy atom. The van der Waals surface area contributed by atoms with Crippen LogP contribution in [0.25, 0.3) is 6.08 Å². The number of methoxy groups -OCH3 is 1. The Hall–Kier alpha value is -3.74. The van der Waals surface area contributed by atoms with Crippen LogP contribution in [0.5, 0.6) is 0 Å². The van der Waals surface area contributed by atoms with Gasteiger partial charge in [-0.1, -0.05) is 29.8 Å². The van der Waals surface area contributed by atoms with Crippen LogP contribution in [0.2, 0.25) is 0 Å². The summed E-state index contributed by atoms with van der Waals surface area (Å²) in [5.41, 5.74) is 3.48. The van der Waals surface area contributed by atoms with E-state index in [9.17, 15) is 19.7 Å². The number of nitro groups is 1. The number of ether oxygens (including phenoxy) is 1. The van der Waals surface area contributed by atoms with Crippen LogP contribution in [0.15, 0.2) is 65.4 Å². The van der Waals surface area contributed by atoms with Crippen LogP contribution in [0.4, 0.5) is 5.69 Å². The van der Waals surface area contributed by atoms with E-state index in [1.807, 2.05) is 31.2 Å². The van der Waals surface area contributed by atoms with Crippen molar-refractivity contribution in [1.82, 2.24) is 4.90 Å². The number of hydrogen-bond acceptors (Lipinski definition) is 5. The van der Waals surface area contributed by atoms with Gasteiger partial charge in [0.2, 0.25) is 0 Å². The molecule has 0 saturated heterocycles. The molecule has 1 amide bonds. The Morgan fingerprint density at radius 3 is 2.28 bits per heavy atom. The maximum atomic E-state index is 13.1. The number of amides is 1. The molecule has 0 spiro atoms. The molecule has 0 atom stereocenters. The lowest BCUT2D eigenvalue weighted by Gasteiger charge is -2.18. The minimum atomic E-state index is -0.601. The van der Waals surface area contributed by atoms with Crippen molar-refractivity contribution in [2.75, 3.05) is 7.11 Å². The second kappa shape index (κ2) is 8.10. The second-order valence-electron chi connectivity index (χ2n) is 6.74. The molecule has 2 aromatic rings. The third-order valence-corrected chi connectivity index (χ3v) is 4.78. The summed E-state index contributed by atoms with van der Waals surface area (Å²) in [5, 5.41) is 10.8. The zero-order chi connectivity index (χ0) is 21.1. The third kappa shape index (κ3) is 4.08. The van der Waals surface area contributed by atoms with Crippen molar-refractivity contribution in [3.8, 4) is 0 Å². The number of non-ortho nitro benzene ring substituents is 1. The number of nitrogens with zero attached hydrogens (tertiary/aromatic N) is 2. The number of aryl methyl sites for hydroxylation is 1. The average Bonchev–Trinajstić information content (AvgIpc) is 2.93. The molecule has 7 nitrogen and oxygen atoms in total. The summed E-state index contributed by atoms with van der Waals surface area (Å²) in [5.74, 6) is -0.919. The lowest BCUT2D eigenvalue weighted by atomic mass is 10.0. The van der Waals surface area contributed by atoms with Gasteiger partial charge in [-0.2, -0.15) is 0 Å². The molecule has 1 aliphatic rings. The highest BCUT2D eigenvalue weighted by molar-refractivity contribution is 6.16. The Kier molecular flexibility index (Phi) is 5.59. The van der Waals surface area contributed by atoms with E-state index in [1.165, 1.54) is 36.3 Å². The molecule has 3 rings (SSSR count). The van der Waals surface area contributed by atoms with Crippen LogP contribution in [0.3, 0.4) is 0 Å². The monoisotopic (exact) mass is 392 g/mol. The van der Waals surface area contributed by atoms with E-state index in [4.69, 9.17) is 4.74 Å². The van der Waals surface area contributed by atoms with Gasteiger partial charge in [-0.05, 0) is 43.2 Å². The fourth-order valence-electron chi connectivity index (χ4n) is 3.15. The molecular formula is C22H20N2O5. The van der Waals surface area contributed by atoms with Gasteiger partial charge in [0.05, 0.1) is 29.7 Å². The Labute approximate surface area is 168 Å². The molecule has 0 saturated carbocycles. The zero-order valence-electron chi connectivity index (χ0n) is 16.3. The van der Waals surface area contributed by atoms with E-state index in [1.54, 1.807) is 13.0 Å². The van der Waals surface area contributed by atoms with Crippen LogP contribution in [-0.2, 0) is 20.9 Å². The summed E-state index contributed by atoms with van der Waals surface area (Å²) in [6.07, 6.45) is 1.55. The van der Waals surface area contributed by atoms with Crippen LogP contribution in [0, 0.1) is 17.0 Å². The minimum Gasteiger partial charge on any atom is -0.465 e. The summed E-state index contributed by atoms with van der Waals surface area (Å²) in [6.45, 7) is 4.01. The lowest BCUT2D eigenvalue weighted by Crippen LogP contribution is -2.24. The molecule has 2 aromatic carbocycles. The summed E-state index contributed by atoms with van der Waals surface area (Å²) in [6, 6.07) is 13.6. The predicted molar refractivity (Wildman–Crippen MR) is 108 cm³/mol. The van der Waals surface area contributed by atoms with Crippen LogP contribution >= 0.6 is 0 Å². The smallest absolute Gasteiger partial charge is 0.340 e. The molecule has 29 heavy (non-hydrogen) atoms. The molecule has 0 bridgehead atoms. The number of benzene rings is 2. The maximum absolute atomic E-state index is 13.1. The Morgan fingerprint density at radius 1 is 1.10 bits per heavy atom. The molecule has 0 N–H and O–H groups in total.